The fraction of sp³-hybridized carbons (Fsp3) is 0.629. The summed E-state index contributed by atoms with van der Waals surface area (Å²) in [5, 5.41) is 49.5. The summed E-state index contributed by atoms with van der Waals surface area (Å²) in [6, 6.07) is -0.0446. The van der Waals surface area contributed by atoms with E-state index in [-0.39, 0.29) is 49.4 Å². The maximum absolute atomic E-state index is 12.7. The van der Waals surface area contributed by atoms with Gasteiger partial charge in [-0.25, -0.2) is 4.79 Å². The van der Waals surface area contributed by atoms with Gasteiger partial charge in [0.1, 0.15) is 39.3 Å². The van der Waals surface area contributed by atoms with Crippen LogP contribution in [0.3, 0.4) is 0 Å². The van der Waals surface area contributed by atoms with E-state index < -0.39 is 137 Å². The van der Waals surface area contributed by atoms with Crippen molar-refractivity contribution in [3.05, 3.63) is 0 Å². The number of aliphatic carboxylic acids is 3. The number of hydrogen-bond donors (Lipinski definition) is 12. The number of amides is 11. The van der Waals surface area contributed by atoms with Crippen LogP contribution in [0.2, 0.25) is 0 Å². The average Bonchev–Trinajstić information content (AvgIpc) is 3.78. The second-order valence-electron chi connectivity index (χ2n) is 14.1. The van der Waals surface area contributed by atoms with Crippen LogP contribution in [0, 0.1) is 0 Å². The topological polar surface area (TPSA) is 401 Å². The molecule has 0 aromatic carbocycles. The molecule has 29 heteroatoms. The predicted octanol–water partition coefficient (Wildman–Crippen LogP) is -7.63. The van der Waals surface area contributed by atoms with E-state index in [1.54, 1.807) is 11.8 Å². The smallest absolute Gasteiger partial charge is 0.323 e. The van der Waals surface area contributed by atoms with Crippen molar-refractivity contribution in [1.29, 1.82) is 0 Å². The van der Waals surface area contributed by atoms with E-state index in [1.807, 2.05) is 0 Å². The number of urea groups is 1. The van der Waals surface area contributed by atoms with Crippen LogP contribution in [0.5, 0.6) is 0 Å². The maximum atomic E-state index is 12.7. The van der Waals surface area contributed by atoms with Gasteiger partial charge in [0.05, 0.1) is 44.8 Å². The molecule has 356 valence electrons. The number of likely N-dealkylation sites (N-methyl/N-ethyl adjacent to an activating group) is 1. The van der Waals surface area contributed by atoms with Crippen LogP contribution in [-0.2, 0) is 57.5 Å². The molecule has 0 bridgehead atoms. The molecular formula is C35H54N12O16S. The zero-order chi connectivity index (χ0) is 47.8. The summed E-state index contributed by atoms with van der Waals surface area (Å²) in [5.41, 5.74) is 0. The Labute approximate surface area is 369 Å². The Balaban J connectivity index is 1.70. The lowest BCUT2D eigenvalue weighted by Crippen LogP contribution is -2.50. The maximum Gasteiger partial charge on any atom is 0.323 e. The summed E-state index contributed by atoms with van der Waals surface area (Å²) in [5.74, 6) is -11.0. The average molecular weight is 931 g/mol. The van der Waals surface area contributed by atoms with Gasteiger partial charge in [-0.1, -0.05) is 6.42 Å². The number of hydrogen-bond acceptors (Lipinski definition) is 15. The molecule has 11 amide bonds. The molecule has 1 unspecified atom stereocenters. The molecule has 2 aliphatic heterocycles. The number of nitrogens with zero attached hydrogens (tertiary/aromatic N) is 3. The zero-order valence-electron chi connectivity index (χ0n) is 34.9. The molecule has 0 spiro atoms. The highest BCUT2D eigenvalue weighted by Gasteiger charge is 2.42. The molecule has 2 rings (SSSR count). The quantitative estimate of drug-likeness (QED) is 0.0235. The molecule has 0 aromatic rings. The van der Waals surface area contributed by atoms with Gasteiger partial charge < -0.3 is 77.9 Å². The van der Waals surface area contributed by atoms with E-state index in [2.05, 4.69) is 47.9 Å². The molecule has 3 atom stereocenters. The summed E-state index contributed by atoms with van der Waals surface area (Å²) < 4.78 is 0. The number of carboxylic acid groups (broad SMARTS) is 3. The molecule has 0 aromatic heterocycles. The fourth-order valence-corrected chi connectivity index (χ4v) is 7.50. The molecule has 12 N–H and O–H groups in total. The largest absolute Gasteiger partial charge is 0.480 e. The summed E-state index contributed by atoms with van der Waals surface area (Å²) >= 11 is 1.75. The van der Waals surface area contributed by atoms with Crippen molar-refractivity contribution in [2.75, 3.05) is 97.9 Å². The Morgan fingerprint density at radius 1 is 0.547 bits per heavy atom. The molecule has 0 radical (unpaired) electrons. The Morgan fingerprint density at radius 3 is 1.42 bits per heavy atom. The zero-order valence-corrected chi connectivity index (χ0v) is 35.7. The Kier molecular flexibility index (Phi) is 23.4. The third-order valence-electron chi connectivity index (χ3n) is 8.98. The summed E-state index contributed by atoms with van der Waals surface area (Å²) in [6.45, 7) is -8.32. The molecule has 64 heavy (non-hydrogen) atoms. The van der Waals surface area contributed by atoms with E-state index in [0.717, 1.165) is 23.5 Å². The highest BCUT2D eigenvalue weighted by molar-refractivity contribution is 8.00. The molecule has 2 aliphatic rings. The number of carboxylic acids is 3. The lowest BCUT2D eigenvalue weighted by Gasteiger charge is -2.21. The van der Waals surface area contributed by atoms with Gasteiger partial charge in [-0.05, 0) is 19.9 Å². The second kappa shape index (κ2) is 28.0. The van der Waals surface area contributed by atoms with Crippen LogP contribution in [0.25, 0.3) is 0 Å². The third kappa shape index (κ3) is 21.3. The third-order valence-corrected chi connectivity index (χ3v) is 10.5. The van der Waals surface area contributed by atoms with Crippen LogP contribution in [0.1, 0.15) is 25.7 Å². The Bertz CT molecular complexity index is 1770. The number of unbranched alkanes of at least 4 members (excludes halogenated alkanes) is 1. The van der Waals surface area contributed by atoms with E-state index >= 15 is 0 Å². The van der Waals surface area contributed by atoms with Gasteiger partial charge in [0.25, 0.3) is 0 Å². The number of carbonyl (C=O) groups is 13. The number of thioether (sulfide) groups is 1. The minimum atomic E-state index is -1.51. The van der Waals surface area contributed by atoms with Crippen molar-refractivity contribution >= 4 is 88.9 Å². The molecule has 2 fully saturated rings. The minimum absolute atomic E-state index is 0.0489. The van der Waals surface area contributed by atoms with Crippen molar-refractivity contribution in [3.63, 3.8) is 0 Å². The van der Waals surface area contributed by atoms with Gasteiger partial charge in [0.15, 0.2) is 0 Å². The Hall–Kier alpha value is -6.78. The summed E-state index contributed by atoms with van der Waals surface area (Å²) in [4.78, 5) is 158. The lowest BCUT2D eigenvalue weighted by molar-refractivity contribution is -0.146. The van der Waals surface area contributed by atoms with Gasteiger partial charge in [0, 0.05) is 30.5 Å². The Morgan fingerprint density at radius 2 is 0.969 bits per heavy atom. The molecule has 2 heterocycles. The van der Waals surface area contributed by atoms with E-state index in [0.29, 0.717) is 16.2 Å². The van der Waals surface area contributed by atoms with Crippen molar-refractivity contribution in [1.82, 2.24) is 62.6 Å². The first-order chi connectivity index (χ1) is 30.3. The van der Waals surface area contributed by atoms with Gasteiger partial charge in [-0.15, -0.1) is 0 Å². The number of nitrogens with one attached hydrogen (secondary N) is 9. The molecule has 2 saturated heterocycles. The molecule has 28 nitrogen and oxygen atoms in total. The van der Waals surface area contributed by atoms with Crippen LogP contribution in [0.15, 0.2) is 0 Å². The fourth-order valence-electron chi connectivity index (χ4n) is 5.96. The van der Waals surface area contributed by atoms with Gasteiger partial charge in [-0.3, -0.25) is 57.5 Å². The molecule has 0 saturated carbocycles. The van der Waals surface area contributed by atoms with Crippen molar-refractivity contribution in [2.45, 2.75) is 43.0 Å². The number of fused-ring (bicyclic) bond motifs is 1. The molecule has 0 aliphatic carbocycles. The number of rotatable bonds is 30. The minimum Gasteiger partial charge on any atom is -0.480 e. The standard InChI is InChI=1S/C35H54N12O16S/c1-36-10-28(54)45(16-31(57)58)13-25(51)37-6-7-38-26(52)14-46(17-32(59)60)29(55)11-42-24(50)9-40-27(53)15-47(18-33(61)62)30(56)12-41-23(49)8-39-22(48)5-3-2-4-21-34-20(19-64-21)43-35(63)44-34/h20-21,34,36H,2-19H2,1H3,(H,37,51)(H,38,52)(H,39,48)(H,40,53)(H,41,49)(H,42,50)(H,57,58)(H,59,60)(H,61,62)(H2,43,44,63)/t20-,21?,34-/m0/s1. The van der Waals surface area contributed by atoms with Crippen LogP contribution in [-0.4, -0.2) is 222 Å². The van der Waals surface area contributed by atoms with Gasteiger partial charge in [0.2, 0.25) is 53.2 Å². The summed E-state index contributed by atoms with van der Waals surface area (Å²) in [7, 11) is 1.45. The first-order valence-corrected chi connectivity index (χ1v) is 20.7. The SMILES string of the molecule is CNCC(=O)N(CC(=O)O)CC(=O)NCCNC(=O)CN(CC(=O)O)C(=O)CNC(=O)CNC(=O)CN(CC(=O)O)C(=O)CNC(=O)CNC(=O)CCCCC1SC[C@@H]2NC(=O)N[C@H]12. The van der Waals surface area contributed by atoms with E-state index in [1.165, 1.54) is 7.05 Å². The summed E-state index contributed by atoms with van der Waals surface area (Å²) in [6.07, 6.45) is 2.19. The van der Waals surface area contributed by atoms with E-state index in [4.69, 9.17) is 5.11 Å². The van der Waals surface area contributed by atoms with Crippen LogP contribution >= 0.6 is 11.8 Å². The highest BCUT2D eigenvalue weighted by atomic mass is 32.2. The van der Waals surface area contributed by atoms with Gasteiger partial charge in [-0.2, -0.15) is 11.8 Å². The van der Waals surface area contributed by atoms with Crippen molar-refractivity contribution in [2.24, 2.45) is 0 Å². The van der Waals surface area contributed by atoms with Crippen LogP contribution in [0.4, 0.5) is 4.79 Å². The normalized spacial score (nSPS) is 15.8. The van der Waals surface area contributed by atoms with Crippen molar-refractivity contribution in [3.8, 4) is 0 Å². The lowest BCUT2D eigenvalue weighted by atomic mass is 10.0. The van der Waals surface area contributed by atoms with Crippen molar-refractivity contribution < 1.29 is 77.6 Å². The highest BCUT2D eigenvalue weighted by Crippen LogP contribution is 2.33. The first-order valence-electron chi connectivity index (χ1n) is 19.7. The van der Waals surface area contributed by atoms with Crippen LogP contribution < -0.4 is 47.9 Å². The van der Waals surface area contributed by atoms with E-state index in [9.17, 15) is 72.5 Å². The molecular weight excluding hydrogens is 877 g/mol. The van der Waals surface area contributed by atoms with Gasteiger partial charge >= 0.3 is 23.9 Å². The first kappa shape index (κ1) is 53.4. The second-order valence-corrected chi connectivity index (χ2v) is 15.4. The predicted molar refractivity (Wildman–Crippen MR) is 219 cm³/mol. The monoisotopic (exact) mass is 930 g/mol. The number of carbonyl (C=O) groups excluding carboxylic acids is 10.